The van der Waals surface area contributed by atoms with Crippen molar-refractivity contribution in [2.24, 2.45) is 16.3 Å². The Morgan fingerprint density at radius 3 is 2.61 bits per heavy atom. The second-order valence-corrected chi connectivity index (χ2v) is 5.78. The third-order valence-corrected chi connectivity index (χ3v) is 4.61. The van der Waals surface area contributed by atoms with Crippen molar-refractivity contribution < 1.29 is 9.94 Å². The van der Waals surface area contributed by atoms with Crippen LogP contribution in [0, 0.1) is 5.41 Å². The molecular formula is C13H18N2O2S. The van der Waals surface area contributed by atoms with Gasteiger partial charge in [0.1, 0.15) is 11.6 Å². The summed E-state index contributed by atoms with van der Waals surface area (Å²) in [5.74, 6) is 2.22. The van der Waals surface area contributed by atoms with Crippen LogP contribution in [0.3, 0.4) is 0 Å². The number of nitrogens with two attached hydrogens (primary N) is 1. The summed E-state index contributed by atoms with van der Waals surface area (Å²) in [6, 6.07) is 8.04. The number of thioether (sulfide) groups is 1. The number of amidine groups is 1. The predicted molar refractivity (Wildman–Crippen MR) is 73.4 cm³/mol. The first kappa shape index (κ1) is 13.1. The van der Waals surface area contributed by atoms with E-state index < -0.39 is 0 Å². The second kappa shape index (κ2) is 5.52. The molecule has 0 bridgehead atoms. The van der Waals surface area contributed by atoms with Gasteiger partial charge in [-0.3, -0.25) is 0 Å². The van der Waals surface area contributed by atoms with Gasteiger partial charge in [0.25, 0.3) is 0 Å². The van der Waals surface area contributed by atoms with Crippen molar-refractivity contribution in [1.82, 2.24) is 0 Å². The van der Waals surface area contributed by atoms with E-state index in [9.17, 15) is 0 Å². The molecule has 4 nitrogen and oxygen atoms in total. The number of rotatable bonds is 6. The highest BCUT2D eigenvalue weighted by atomic mass is 32.2. The van der Waals surface area contributed by atoms with Crippen molar-refractivity contribution in [2.45, 2.75) is 24.2 Å². The fourth-order valence-electron chi connectivity index (χ4n) is 1.88. The van der Waals surface area contributed by atoms with E-state index in [0.717, 1.165) is 24.3 Å². The number of hydrogen-bond donors (Lipinski definition) is 2. The van der Waals surface area contributed by atoms with Crippen molar-refractivity contribution in [3.63, 3.8) is 0 Å². The molecule has 0 aliphatic heterocycles. The predicted octanol–water partition coefficient (Wildman–Crippen LogP) is 2.70. The summed E-state index contributed by atoms with van der Waals surface area (Å²) in [5, 5.41) is 11.7. The van der Waals surface area contributed by atoms with Crippen LogP contribution in [0.1, 0.15) is 19.3 Å². The van der Waals surface area contributed by atoms with E-state index >= 15 is 0 Å². The number of hydrogen-bond acceptors (Lipinski definition) is 4. The van der Waals surface area contributed by atoms with Gasteiger partial charge < -0.3 is 15.7 Å². The number of methoxy groups -OCH3 is 1. The molecule has 0 spiro atoms. The molecule has 0 atom stereocenters. The fourth-order valence-corrected chi connectivity index (χ4v) is 3.07. The zero-order valence-corrected chi connectivity index (χ0v) is 11.2. The summed E-state index contributed by atoms with van der Waals surface area (Å²) in [7, 11) is 1.67. The minimum Gasteiger partial charge on any atom is -0.497 e. The van der Waals surface area contributed by atoms with E-state index in [1.165, 1.54) is 4.90 Å². The Kier molecular flexibility index (Phi) is 4.01. The van der Waals surface area contributed by atoms with Crippen molar-refractivity contribution in [2.75, 3.05) is 12.9 Å². The largest absolute Gasteiger partial charge is 0.497 e. The van der Waals surface area contributed by atoms with Gasteiger partial charge in [-0.2, -0.15) is 0 Å². The minimum absolute atomic E-state index is 0.237. The van der Waals surface area contributed by atoms with Crippen LogP contribution < -0.4 is 10.5 Å². The van der Waals surface area contributed by atoms with Crippen LogP contribution in [0.15, 0.2) is 34.3 Å². The normalized spacial score (nSPS) is 17.5. The van der Waals surface area contributed by atoms with Crippen LogP contribution in [0.25, 0.3) is 0 Å². The van der Waals surface area contributed by atoms with Crippen molar-refractivity contribution >= 4 is 17.6 Å². The minimum atomic E-state index is 0.237. The average molecular weight is 266 g/mol. The first-order valence-corrected chi connectivity index (χ1v) is 6.89. The third kappa shape index (κ3) is 3.32. The molecular weight excluding hydrogens is 248 g/mol. The maximum absolute atomic E-state index is 8.61. The summed E-state index contributed by atoms with van der Waals surface area (Å²) in [5.41, 5.74) is 5.82. The first-order chi connectivity index (χ1) is 8.67. The fraction of sp³-hybridized carbons (Fsp3) is 0.462. The molecule has 1 aliphatic carbocycles. The van der Waals surface area contributed by atoms with Crippen molar-refractivity contribution in [3.05, 3.63) is 24.3 Å². The molecule has 1 aliphatic rings. The van der Waals surface area contributed by atoms with Gasteiger partial charge in [0.05, 0.1) is 7.11 Å². The van der Waals surface area contributed by atoms with Crippen molar-refractivity contribution in [1.29, 1.82) is 0 Å². The smallest absolute Gasteiger partial charge is 0.139 e. The van der Waals surface area contributed by atoms with E-state index in [1.807, 2.05) is 23.9 Å². The Labute approximate surface area is 111 Å². The molecule has 1 saturated carbocycles. The van der Waals surface area contributed by atoms with Crippen LogP contribution in [-0.2, 0) is 0 Å². The summed E-state index contributed by atoms with van der Waals surface area (Å²) >= 11 is 1.81. The molecule has 0 saturated heterocycles. The van der Waals surface area contributed by atoms with Crippen LogP contribution in [0.5, 0.6) is 5.75 Å². The maximum Gasteiger partial charge on any atom is 0.139 e. The highest BCUT2D eigenvalue weighted by Gasteiger charge is 2.43. The third-order valence-electron chi connectivity index (χ3n) is 3.25. The Morgan fingerprint density at radius 2 is 2.11 bits per heavy atom. The lowest BCUT2D eigenvalue weighted by Gasteiger charge is -2.13. The van der Waals surface area contributed by atoms with Gasteiger partial charge in [-0.25, -0.2) is 0 Å². The zero-order chi connectivity index (χ0) is 13.0. The van der Waals surface area contributed by atoms with Crippen LogP contribution in [0.2, 0.25) is 0 Å². The Bertz CT molecular complexity index is 427. The number of ether oxygens (including phenoxy) is 1. The Hall–Kier alpha value is -1.36. The molecule has 0 heterocycles. The zero-order valence-electron chi connectivity index (χ0n) is 10.4. The average Bonchev–Trinajstić information content (AvgIpc) is 3.17. The van der Waals surface area contributed by atoms with Crippen LogP contribution in [0.4, 0.5) is 0 Å². The summed E-state index contributed by atoms with van der Waals surface area (Å²) in [4.78, 5) is 1.22. The van der Waals surface area contributed by atoms with E-state index in [2.05, 4.69) is 17.3 Å². The number of benzene rings is 1. The van der Waals surface area contributed by atoms with E-state index in [0.29, 0.717) is 12.3 Å². The highest BCUT2D eigenvalue weighted by Crippen LogP contribution is 2.51. The highest BCUT2D eigenvalue weighted by molar-refractivity contribution is 7.99. The standard InChI is InChI=1S/C13H18N2O2S/c1-17-10-2-4-11(5-3-10)18-9-13(6-7-13)8-12(14)15-16/h2-5,16H,6-9H2,1H3,(H2,14,15). The molecule has 0 aromatic heterocycles. The lowest BCUT2D eigenvalue weighted by atomic mass is 10.1. The van der Waals surface area contributed by atoms with Gasteiger partial charge in [-0.1, -0.05) is 5.16 Å². The molecule has 0 radical (unpaired) electrons. The maximum atomic E-state index is 8.61. The number of oxime groups is 1. The van der Waals surface area contributed by atoms with Crippen LogP contribution >= 0.6 is 11.8 Å². The van der Waals surface area contributed by atoms with Gasteiger partial charge in [0.2, 0.25) is 0 Å². The molecule has 3 N–H and O–H groups in total. The first-order valence-electron chi connectivity index (χ1n) is 5.91. The van der Waals surface area contributed by atoms with Crippen molar-refractivity contribution in [3.8, 4) is 5.75 Å². The molecule has 0 amide bonds. The lowest BCUT2D eigenvalue weighted by Crippen LogP contribution is -2.19. The van der Waals surface area contributed by atoms with E-state index in [1.54, 1.807) is 7.11 Å². The second-order valence-electron chi connectivity index (χ2n) is 4.73. The molecule has 1 fully saturated rings. The molecule has 1 aromatic carbocycles. The molecule has 0 unspecified atom stereocenters. The summed E-state index contributed by atoms with van der Waals surface area (Å²) < 4.78 is 5.12. The van der Waals surface area contributed by atoms with Gasteiger partial charge >= 0.3 is 0 Å². The lowest BCUT2D eigenvalue weighted by molar-refractivity contribution is 0.315. The van der Waals surface area contributed by atoms with Gasteiger partial charge in [-0.15, -0.1) is 11.8 Å². The van der Waals surface area contributed by atoms with E-state index in [4.69, 9.17) is 15.7 Å². The molecule has 1 aromatic rings. The van der Waals surface area contributed by atoms with Gasteiger partial charge in [0, 0.05) is 17.1 Å². The SMILES string of the molecule is COc1ccc(SCC2(CC(N)=NO)CC2)cc1. The topological polar surface area (TPSA) is 67.8 Å². The molecule has 5 heteroatoms. The molecule has 2 rings (SSSR count). The van der Waals surface area contributed by atoms with Crippen LogP contribution in [-0.4, -0.2) is 23.9 Å². The summed E-state index contributed by atoms with van der Waals surface area (Å²) in [6.07, 6.45) is 3.01. The number of nitrogens with zero attached hydrogens (tertiary/aromatic N) is 1. The molecule has 18 heavy (non-hydrogen) atoms. The molecule has 98 valence electrons. The Balaban J connectivity index is 1.87. The Morgan fingerprint density at radius 1 is 1.44 bits per heavy atom. The van der Waals surface area contributed by atoms with E-state index in [-0.39, 0.29) is 5.41 Å². The van der Waals surface area contributed by atoms with Gasteiger partial charge in [-0.05, 0) is 42.5 Å². The van der Waals surface area contributed by atoms with Gasteiger partial charge in [0.15, 0.2) is 0 Å². The monoisotopic (exact) mass is 266 g/mol. The quantitative estimate of drug-likeness (QED) is 0.273. The summed E-state index contributed by atoms with van der Waals surface area (Å²) in [6.45, 7) is 0.